The second-order valence-electron chi connectivity index (χ2n) is 5.35. The highest BCUT2D eigenvalue weighted by atomic mass is 32.2. The number of hydrogen-bond acceptors (Lipinski definition) is 5. The number of nitrogens with one attached hydrogen (secondary N) is 1. The third kappa shape index (κ3) is 7.89. The number of ether oxygens (including phenoxy) is 1. The number of rotatable bonds is 8. The van der Waals surface area contributed by atoms with Gasteiger partial charge in [0.05, 0.1) is 6.42 Å². The summed E-state index contributed by atoms with van der Waals surface area (Å²) in [6.07, 6.45) is 1.31. The average Bonchev–Trinajstić information content (AvgIpc) is 2.51. The molecule has 1 aromatic carbocycles. The monoisotopic (exact) mass is 354 g/mol. The van der Waals surface area contributed by atoms with E-state index < -0.39 is 16.0 Å². The predicted octanol–water partition coefficient (Wildman–Crippen LogP) is 0.907. The molecule has 1 rings (SSSR count). The zero-order valence-electron chi connectivity index (χ0n) is 14.0. The minimum Gasteiger partial charge on any atom is -0.456 e. The molecule has 0 aromatic heterocycles. The Morgan fingerprint density at radius 1 is 1.21 bits per heavy atom. The summed E-state index contributed by atoms with van der Waals surface area (Å²) in [7, 11) is -0.551. The molecule has 0 spiro atoms. The number of nitrogens with zero attached hydrogens (tertiary/aromatic N) is 1. The van der Waals surface area contributed by atoms with Crippen LogP contribution in [0.15, 0.2) is 29.7 Å². The van der Waals surface area contributed by atoms with E-state index >= 15 is 0 Å². The number of amides is 1. The third-order valence-electron chi connectivity index (χ3n) is 3.00. The lowest BCUT2D eigenvalue weighted by Gasteiger charge is -2.10. The van der Waals surface area contributed by atoms with Crippen LogP contribution < -0.4 is 4.72 Å². The van der Waals surface area contributed by atoms with Crippen LogP contribution in [-0.2, 0) is 24.3 Å². The van der Waals surface area contributed by atoms with E-state index in [1.54, 1.807) is 26.2 Å². The molecule has 0 aliphatic heterocycles. The zero-order chi connectivity index (χ0) is 18.2. The van der Waals surface area contributed by atoms with E-state index in [9.17, 15) is 18.0 Å². The standard InChI is InChI=1S/C16H22N2O5S/c1-13-4-6-14(7-5-13)9-11-24(21,22)17-10-8-16(20)23-12-15(19)18(2)3/h4-7,9,11,17H,8,10,12H2,1-3H3/b11-9+. The van der Waals surface area contributed by atoms with E-state index in [2.05, 4.69) is 4.72 Å². The second kappa shape index (κ2) is 9.19. The highest BCUT2D eigenvalue weighted by Crippen LogP contribution is 2.06. The van der Waals surface area contributed by atoms with Gasteiger partial charge < -0.3 is 9.64 Å². The number of carbonyl (C=O) groups excluding carboxylic acids is 2. The summed E-state index contributed by atoms with van der Waals surface area (Å²) >= 11 is 0. The Labute approximate surface area is 142 Å². The molecule has 0 saturated carbocycles. The van der Waals surface area contributed by atoms with E-state index in [4.69, 9.17) is 4.74 Å². The van der Waals surface area contributed by atoms with Crippen molar-refractivity contribution in [3.8, 4) is 0 Å². The molecular weight excluding hydrogens is 332 g/mol. The lowest BCUT2D eigenvalue weighted by atomic mass is 10.2. The van der Waals surface area contributed by atoms with Gasteiger partial charge in [0.15, 0.2) is 6.61 Å². The van der Waals surface area contributed by atoms with Crippen LogP contribution in [0.1, 0.15) is 17.5 Å². The Morgan fingerprint density at radius 2 is 1.83 bits per heavy atom. The van der Waals surface area contributed by atoms with E-state index in [1.165, 1.54) is 11.0 Å². The van der Waals surface area contributed by atoms with Crippen LogP contribution in [0.5, 0.6) is 0 Å². The Hall–Kier alpha value is -2.19. The summed E-state index contributed by atoms with van der Waals surface area (Å²) in [5.41, 5.74) is 1.84. The van der Waals surface area contributed by atoms with Crippen LogP contribution in [0.25, 0.3) is 6.08 Å². The van der Waals surface area contributed by atoms with Crippen molar-refractivity contribution in [2.45, 2.75) is 13.3 Å². The molecular formula is C16H22N2O5S. The zero-order valence-corrected chi connectivity index (χ0v) is 14.8. The molecule has 0 atom stereocenters. The molecule has 0 unspecified atom stereocenters. The largest absolute Gasteiger partial charge is 0.456 e. The first-order valence-electron chi connectivity index (χ1n) is 7.30. The maximum atomic E-state index is 11.8. The minimum atomic E-state index is -3.64. The van der Waals surface area contributed by atoms with Gasteiger partial charge in [-0.05, 0) is 18.6 Å². The van der Waals surface area contributed by atoms with Crippen LogP contribution >= 0.6 is 0 Å². The smallest absolute Gasteiger partial charge is 0.307 e. The fourth-order valence-corrected chi connectivity index (χ4v) is 2.35. The minimum absolute atomic E-state index is 0.102. The van der Waals surface area contributed by atoms with Gasteiger partial charge in [-0.1, -0.05) is 29.8 Å². The molecule has 0 heterocycles. The van der Waals surface area contributed by atoms with Gasteiger partial charge in [-0.3, -0.25) is 9.59 Å². The SMILES string of the molecule is Cc1ccc(/C=C/S(=O)(=O)NCCC(=O)OCC(=O)N(C)C)cc1. The fraction of sp³-hybridized carbons (Fsp3) is 0.375. The van der Waals surface area contributed by atoms with Crippen molar-refractivity contribution in [3.05, 3.63) is 40.8 Å². The van der Waals surface area contributed by atoms with Gasteiger partial charge in [0.25, 0.3) is 5.91 Å². The Morgan fingerprint density at radius 3 is 2.42 bits per heavy atom. The van der Waals surface area contributed by atoms with Crippen molar-refractivity contribution in [3.63, 3.8) is 0 Å². The van der Waals surface area contributed by atoms with E-state index in [-0.39, 0.29) is 25.5 Å². The Balaban J connectivity index is 2.38. The lowest BCUT2D eigenvalue weighted by Crippen LogP contribution is -2.29. The molecule has 0 aliphatic carbocycles. The Bertz CT molecular complexity index is 694. The number of benzene rings is 1. The highest BCUT2D eigenvalue weighted by molar-refractivity contribution is 7.92. The topological polar surface area (TPSA) is 92.8 Å². The van der Waals surface area contributed by atoms with Crippen LogP contribution in [0.2, 0.25) is 0 Å². The van der Waals surface area contributed by atoms with Gasteiger partial charge in [0, 0.05) is 26.0 Å². The number of likely N-dealkylation sites (N-methyl/N-ethyl adjacent to an activating group) is 1. The summed E-state index contributed by atoms with van der Waals surface area (Å²) in [5, 5.41) is 1.04. The van der Waals surface area contributed by atoms with Crippen molar-refractivity contribution in [2.75, 3.05) is 27.2 Å². The molecule has 1 amide bonds. The predicted molar refractivity (Wildman–Crippen MR) is 91.4 cm³/mol. The molecule has 1 N–H and O–H groups in total. The first-order valence-corrected chi connectivity index (χ1v) is 8.84. The quantitative estimate of drug-likeness (QED) is 0.701. The van der Waals surface area contributed by atoms with Gasteiger partial charge in [-0.15, -0.1) is 0 Å². The van der Waals surface area contributed by atoms with Crippen molar-refractivity contribution in [2.24, 2.45) is 0 Å². The number of esters is 1. The van der Waals surface area contributed by atoms with Crippen LogP contribution in [0.4, 0.5) is 0 Å². The second-order valence-corrected chi connectivity index (χ2v) is 7.00. The summed E-state index contributed by atoms with van der Waals surface area (Å²) in [6.45, 7) is 1.48. The van der Waals surface area contributed by atoms with Crippen molar-refractivity contribution >= 4 is 28.0 Å². The Kier molecular flexibility index (Phi) is 7.60. The van der Waals surface area contributed by atoms with E-state index in [0.29, 0.717) is 0 Å². The van der Waals surface area contributed by atoms with Crippen molar-refractivity contribution < 1.29 is 22.7 Å². The van der Waals surface area contributed by atoms with Crippen LogP contribution in [0, 0.1) is 6.92 Å². The van der Waals surface area contributed by atoms with Gasteiger partial charge in [-0.25, -0.2) is 13.1 Å². The number of aryl methyl sites for hydroxylation is 1. The fourth-order valence-electron chi connectivity index (χ4n) is 1.53. The molecule has 0 fully saturated rings. The van der Waals surface area contributed by atoms with E-state index in [1.807, 2.05) is 19.1 Å². The summed E-state index contributed by atoms with van der Waals surface area (Å²) in [6, 6.07) is 7.37. The maximum Gasteiger partial charge on any atom is 0.307 e. The maximum absolute atomic E-state index is 11.8. The lowest BCUT2D eigenvalue weighted by molar-refractivity contribution is -0.150. The molecule has 24 heavy (non-hydrogen) atoms. The van der Waals surface area contributed by atoms with Crippen molar-refractivity contribution in [1.82, 2.24) is 9.62 Å². The van der Waals surface area contributed by atoms with E-state index in [0.717, 1.165) is 16.5 Å². The van der Waals surface area contributed by atoms with Gasteiger partial charge in [-0.2, -0.15) is 0 Å². The van der Waals surface area contributed by atoms with Gasteiger partial charge in [0.2, 0.25) is 10.0 Å². The van der Waals surface area contributed by atoms with Crippen LogP contribution in [0.3, 0.4) is 0 Å². The number of hydrogen-bond donors (Lipinski definition) is 1. The molecule has 0 saturated heterocycles. The molecule has 1 aromatic rings. The average molecular weight is 354 g/mol. The van der Waals surface area contributed by atoms with Crippen molar-refractivity contribution in [1.29, 1.82) is 0 Å². The highest BCUT2D eigenvalue weighted by Gasteiger charge is 2.11. The first kappa shape index (κ1) is 19.9. The normalized spacial score (nSPS) is 11.5. The van der Waals surface area contributed by atoms with Gasteiger partial charge >= 0.3 is 5.97 Å². The summed E-state index contributed by atoms with van der Waals surface area (Å²) in [5.74, 6) is -0.986. The molecule has 7 nitrogen and oxygen atoms in total. The molecule has 132 valence electrons. The molecule has 8 heteroatoms. The molecule has 0 aliphatic rings. The third-order valence-corrected chi connectivity index (χ3v) is 4.11. The molecule has 0 bridgehead atoms. The van der Waals surface area contributed by atoms with Crippen LogP contribution in [-0.4, -0.2) is 52.4 Å². The number of carbonyl (C=O) groups is 2. The van der Waals surface area contributed by atoms with Gasteiger partial charge in [0.1, 0.15) is 0 Å². The summed E-state index contributed by atoms with van der Waals surface area (Å²) in [4.78, 5) is 24.0. The summed E-state index contributed by atoms with van der Waals surface area (Å²) < 4.78 is 30.6. The number of sulfonamides is 1. The molecule has 0 radical (unpaired) electrons. The first-order chi connectivity index (χ1) is 11.2.